The first-order chi connectivity index (χ1) is 18.1. The van der Waals surface area contributed by atoms with Gasteiger partial charge in [-0.15, -0.1) is 0 Å². The van der Waals surface area contributed by atoms with Crippen LogP contribution in [0.1, 0.15) is 39.9 Å². The summed E-state index contributed by atoms with van der Waals surface area (Å²) >= 11 is 0. The Bertz CT molecular complexity index is 1160. The van der Waals surface area contributed by atoms with Crippen molar-refractivity contribution >= 4 is 23.8 Å². The quantitative estimate of drug-likeness (QED) is 0.366. The summed E-state index contributed by atoms with van der Waals surface area (Å²) in [5.41, 5.74) is 0.482. The van der Waals surface area contributed by atoms with Gasteiger partial charge >= 0.3 is 6.18 Å². The van der Waals surface area contributed by atoms with E-state index < -0.39 is 17.6 Å². The molecule has 0 aromatic heterocycles. The van der Waals surface area contributed by atoms with Crippen molar-refractivity contribution in [1.82, 2.24) is 10.2 Å². The highest BCUT2D eigenvalue weighted by Gasteiger charge is 2.40. The van der Waals surface area contributed by atoms with Gasteiger partial charge in [0.2, 0.25) is 0 Å². The van der Waals surface area contributed by atoms with Gasteiger partial charge in [-0.3, -0.25) is 15.6 Å². The molecule has 0 unspecified atom stereocenters. The predicted molar refractivity (Wildman–Crippen MR) is 138 cm³/mol. The second-order valence-electron chi connectivity index (χ2n) is 9.66. The standard InChI is InChI=1S/C19H17F3N2O2.C8H15N3O/c20-19(21,22)17-7-12(8-23-13-10-26-11-13)6-15-16(17)9-24(18(15)25)14-4-2-1-3-5-14;1-11(5-9)8(10)6-3-7(4-6)12-2/h1-7,13,23H,8-11H2;5-7,9-10H,3-4H2,1-2H3. The summed E-state index contributed by atoms with van der Waals surface area (Å²) < 4.78 is 50.9. The Kier molecular flexibility index (Phi) is 8.49. The number of alkyl halides is 3. The number of amides is 1. The summed E-state index contributed by atoms with van der Waals surface area (Å²) in [6.07, 6.45) is -1.16. The number of halogens is 3. The number of fused-ring (bicyclic) bond motifs is 1. The second kappa shape index (κ2) is 11.6. The van der Waals surface area contributed by atoms with E-state index in [2.05, 4.69) is 5.32 Å². The van der Waals surface area contributed by atoms with Crippen LogP contribution in [0.5, 0.6) is 0 Å². The number of ether oxygens (including phenoxy) is 2. The Morgan fingerprint density at radius 3 is 2.47 bits per heavy atom. The summed E-state index contributed by atoms with van der Waals surface area (Å²) in [6, 6.07) is 11.6. The first-order valence-corrected chi connectivity index (χ1v) is 12.4. The van der Waals surface area contributed by atoms with E-state index in [9.17, 15) is 18.0 Å². The van der Waals surface area contributed by atoms with Crippen molar-refractivity contribution in [3.05, 3.63) is 64.7 Å². The van der Waals surface area contributed by atoms with Crippen LogP contribution in [0, 0.1) is 16.7 Å². The maximum atomic E-state index is 13.6. The fourth-order valence-electron chi connectivity index (χ4n) is 4.59. The molecule has 0 atom stereocenters. The molecule has 3 N–H and O–H groups in total. The van der Waals surface area contributed by atoms with Crippen molar-refractivity contribution in [3.8, 4) is 0 Å². The Labute approximate surface area is 219 Å². The van der Waals surface area contributed by atoms with E-state index in [4.69, 9.17) is 20.3 Å². The van der Waals surface area contributed by atoms with E-state index >= 15 is 0 Å². The molecule has 1 saturated heterocycles. The van der Waals surface area contributed by atoms with Crippen molar-refractivity contribution < 1.29 is 27.4 Å². The number of para-hydroxylation sites is 1. The number of benzene rings is 2. The lowest BCUT2D eigenvalue weighted by Crippen LogP contribution is -2.45. The Morgan fingerprint density at radius 2 is 1.92 bits per heavy atom. The molecule has 0 bridgehead atoms. The van der Waals surface area contributed by atoms with Gasteiger partial charge in [-0.25, -0.2) is 0 Å². The van der Waals surface area contributed by atoms with Crippen LogP contribution < -0.4 is 10.2 Å². The molecule has 2 heterocycles. The predicted octanol–water partition coefficient (Wildman–Crippen LogP) is 4.28. The molecule has 0 spiro atoms. The molecule has 1 saturated carbocycles. The molecular weight excluding hydrogens is 499 g/mol. The lowest BCUT2D eigenvalue weighted by Gasteiger charge is -2.36. The normalized spacial score (nSPS) is 20.6. The van der Waals surface area contributed by atoms with E-state index in [1.807, 2.05) is 0 Å². The number of anilines is 1. The van der Waals surface area contributed by atoms with Crippen LogP contribution in [0.25, 0.3) is 0 Å². The van der Waals surface area contributed by atoms with Crippen LogP contribution >= 0.6 is 0 Å². The third kappa shape index (κ3) is 6.06. The molecule has 0 radical (unpaired) electrons. The van der Waals surface area contributed by atoms with Crippen LogP contribution in [0.4, 0.5) is 18.9 Å². The molecular formula is C27H32F3N5O3. The van der Waals surface area contributed by atoms with Crippen molar-refractivity contribution in [2.24, 2.45) is 5.92 Å². The van der Waals surface area contributed by atoms with Crippen LogP contribution in [0.15, 0.2) is 42.5 Å². The summed E-state index contributed by atoms with van der Waals surface area (Å²) in [6.45, 7) is 1.30. The molecule has 3 aliphatic rings. The third-order valence-corrected chi connectivity index (χ3v) is 7.10. The number of nitrogens with zero attached hydrogens (tertiary/aromatic N) is 2. The Hall–Kier alpha value is -3.28. The molecule has 2 aliphatic heterocycles. The highest BCUT2D eigenvalue weighted by Crippen LogP contribution is 2.39. The second-order valence-corrected chi connectivity index (χ2v) is 9.66. The van der Waals surface area contributed by atoms with Crippen LogP contribution in [0.3, 0.4) is 0 Å². The van der Waals surface area contributed by atoms with Crippen LogP contribution in [-0.4, -0.2) is 62.5 Å². The van der Waals surface area contributed by atoms with Crippen molar-refractivity contribution in [2.45, 2.75) is 44.3 Å². The minimum atomic E-state index is -4.51. The van der Waals surface area contributed by atoms with Crippen molar-refractivity contribution in [3.63, 3.8) is 0 Å². The molecule has 2 fully saturated rings. The van der Waals surface area contributed by atoms with Crippen LogP contribution in [-0.2, 0) is 28.7 Å². The molecule has 38 heavy (non-hydrogen) atoms. The minimum absolute atomic E-state index is 0.0436. The van der Waals surface area contributed by atoms with E-state index in [0.717, 1.165) is 18.9 Å². The average molecular weight is 532 g/mol. The monoisotopic (exact) mass is 531 g/mol. The molecule has 1 aliphatic carbocycles. The first-order valence-electron chi connectivity index (χ1n) is 12.4. The average Bonchev–Trinajstić information content (AvgIpc) is 3.18. The zero-order valence-electron chi connectivity index (χ0n) is 21.3. The van der Waals surface area contributed by atoms with Crippen molar-refractivity contribution in [1.29, 1.82) is 10.8 Å². The molecule has 8 nitrogen and oxygen atoms in total. The first kappa shape index (κ1) is 27.7. The molecule has 2 aromatic rings. The maximum Gasteiger partial charge on any atom is 0.416 e. The zero-order chi connectivity index (χ0) is 27.4. The number of hydrogen-bond donors (Lipinski definition) is 3. The van der Waals surface area contributed by atoms with Crippen molar-refractivity contribution in [2.75, 3.05) is 32.3 Å². The molecule has 204 valence electrons. The summed E-state index contributed by atoms with van der Waals surface area (Å²) in [4.78, 5) is 15.7. The van der Waals surface area contributed by atoms with Gasteiger partial charge in [0.05, 0.1) is 43.8 Å². The van der Waals surface area contributed by atoms with Gasteiger partial charge in [-0.2, -0.15) is 13.2 Å². The largest absolute Gasteiger partial charge is 0.416 e. The Balaban J connectivity index is 0.000000236. The Morgan fingerprint density at radius 1 is 1.24 bits per heavy atom. The topological polar surface area (TPSA) is 102 Å². The molecule has 1 amide bonds. The fourth-order valence-corrected chi connectivity index (χ4v) is 4.59. The number of amidine groups is 1. The van der Waals surface area contributed by atoms with Gasteiger partial charge in [0, 0.05) is 37.9 Å². The van der Waals surface area contributed by atoms with Gasteiger partial charge < -0.3 is 24.6 Å². The van der Waals surface area contributed by atoms with Gasteiger partial charge in [0.1, 0.15) is 5.84 Å². The fraction of sp³-hybridized carbons (Fsp3) is 0.444. The maximum absolute atomic E-state index is 13.6. The number of rotatable bonds is 7. The lowest BCUT2D eigenvalue weighted by atomic mass is 9.81. The molecule has 5 rings (SSSR count). The number of carbonyl (C=O) groups excluding carboxylic acids is 1. The van der Waals surface area contributed by atoms with E-state index in [0.29, 0.717) is 42.3 Å². The summed E-state index contributed by atoms with van der Waals surface area (Å²) in [5, 5.41) is 17.7. The summed E-state index contributed by atoms with van der Waals surface area (Å²) in [7, 11) is 3.43. The van der Waals surface area contributed by atoms with E-state index in [1.165, 1.54) is 16.1 Å². The van der Waals surface area contributed by atoms with Gasteiger partial charge in [-0.05, 0) is 48.2 Å². The van der Waals surface area contributed by atoms with Gasteiger partial charge in [0.25, 0.3) is 5.91 Å². The summed E-state index contributed by atoms with van der Waals surface area (Å²) in [5.74, 6) is 0.422. The minimum Gasteiger partial charge on any atom is -0.381 e. The van der Waals surface area contributed by atoms with E-state index in [1.54, 1.807) is 50.6 Å². The number of carbonyl (C=O) groups is 1. The van der Waals surface area contributed by atoms with E-state index in [-0.39, 0.29) is 30.3 Å². The SMILES string of the molecule is COC1CC(C(=N)N(C)C=N)C1.O=C1c2cc(CNC3COC3)cc(C(F)(F)F)c2CN1c1ccccc1. The van der Waals surface area contributed by atoms with Crippen LogP contribution in [0.2, 0.25) is 0 Å². The van der Waals surface area contributed by atoms with Gasteiger partial charge in [0.15, 0.2) is 0 Å². The number of hydrogen-bond acceptors (Lipinski definition) is 6. The molecule has 11 heteroatoms. The highest BCUT2D eigenvalue weighted by molar-refractivity contribution is 6.10. The third-order valence-electron chi connectivity index (χ3n) is 7.10. The molecule has 2 aromatic carbocycles. The van der Waals surface area contributed by atoms with Gasteiger partial charge in [-0.1, -0.05) is 18.2 Å². The lowest BCUT2D eigenvalue weighted by molar-refractivity contribution is -0.138. The number of nitrogens with one attached hydrogen (secondary N) is 3. The number of methoxy groups -OCH3 is 1. The zero-order valence-corrected chi connectivity index (χ0v) is 21.3. The smallest absolute Gasteiger partial charge is 0.381 e. The highest BCUT2D eigenvalue weighted by atomic mass is 19.4.